The molecule has 1 amide bonds. The molecule has 0 aliphatic carbocycles. The maximum atomic E-state index is 12.1. The number of amidine groups is 1. The van der Waals surface area contributed by atoms with Gasteiger partial charge in [0.15, 0.2) is 5.84 Å². The lowest BCUT2D eigenvalue weighted by Crippen LogP contribution is -2.20. The lowest BCUT2D eigenvalue weighted by atomic mass is 10.1. The average molecular weight is 269 g/mol. The fraction of sp³-hybridized carbons (Fsp3) is 0.0667. The molecule has 0 bridgehead atoms. The summed E-state index contributed by atoms with van der Waals surface area (Å²) in [7, 11) is 0. The largest absolute Gasteiger partial charge is 0.409 e. The van der Waals surface area contributed by atoms with Gasteiger partial charge in [-0.1, -0.05) is 35.5 Å². The second kappa shape index (κ2) is 5.88. The van der Waals surface area contributed by atoms with E-state index in [-0.39, 0.29) is 11.7 Å². The van der Waals surface area contributed by atoms with E-state index in [1.54, 1.807) is 36.4 Å². The van der Waals surface area contributed by atoms with E-state index >= 15 is 0 Å². The van der Waals surface area contributed by atoms with Crippen molar-refractivity contribution in [2.45, 2.75) is 6.92 Å². The highest BCUT2D eigenvalue weighted by Crippen LogP contribution is 2.20. The smallest absolute Gasteiger partial charge is 0.255 e. The zero-order valence-corrected chi connectivity index (χ0v) is 11.0. The van der Waals surface area contributed by atoms with Crippen LogP contribution in [0.4, 0.5) is 5.69 Å². The van der Waals surface area contributed by atoms with Gasteiger partial charge in [-0.25, -0.2) is 0 Å². The summed E-state index contributed by atoms with van der Waals surface area (Å²) < 4.78 is 0. The van der Waals surface area contributed by atoms with Crippen LogP contribution in [-0.2, 0) is 0 Å². The lowest BCUT2D eigenvalue weighted by Gasteiger charge is -2.12. The van der Waals surface area contributed by atoms with E-state index in [0.717, 1.165) is 5.56 Å². The molecule has 102 valence electrons. The average Bonchev–Trinajstić information content (AvgIpc) is 2.47. The van der Waals surface area contributed by atoms with Gasteiger partial charge in [-0.05, 0) is 30.7 Å². The first-order valence-corrected chi connectivity index (χ1v) is 6.07. The molecule has 2 aromatic carbocycles. The van der Waals surface area contributed by atoms with Crippen molar-refractivity contribution in [1.29, 1.82) is 0 Å². The molecule has 0 heterocycles. The number of nitrogens with zero attached hydrogens (tertiary/aromatic N) is 1. The minimum atomic E-state index is -0.247. The number of oxime groups is 1. The van der Waals surface area contributed by atoms with Gasteiger partial charge in [0.2, 0.25) is 0 Å². The molecule has 0 radical (unpaired) electrons. The molecule has 0 fully saturated rings. The van der Waals surface area contributed by atoms with Crippen LogP contribution in [0.25, 0.3) is 0 Å². The van der Waals surface area contributed by atoms with Gasteiger partial charge in [0, 0.05) is 11.1 Å². The van der Waals surface area contributed by atoms with Crippen molar-refractivity contribution in [3.63, 3.8) is 0 Å². The van der Waals surface area contributed by atoms with Crippen molar-refractivity contribution in [2.75, 3.05) is 5.32 Å². The third-order valence-electron chi connectivity index (χ3n) is 2.92. The number of anilines is 1. The Bertz CT molecular complexity index is 651. The highest BCUT2D eigenvalue weighted by molar-refractivity contribution is 6.10. The Morgan fingerprint density at radius 3 is 2.50 bits per heavy atom. The van der Waals surface area contributed by atoms with Crippen LogP contribution in [0, 0.1) is 6.92 Å². The first kappa shape index (κ1) is 13.6. The van der Waals surface area contributed by atoms with Crippen LogP contribution in [0.3, 0.4) is 0 Å². The molecule has 0 unspecified atom stereocenters. The fourth-order valence-electron chi connectivity index (χ4n) is 1.95. The van der Waals surface area contributed by atoms with Gasteiger partial charge in [0.1, 0.15) is 0 Å². The third kappa shape index (κ3) is 2.77. The molecule has 5 nitrogen and oxygen atoms in total. The molecular formula is C15H15N3O2. The van der Waals surface area contributed by atoms with E-state index in [1.165, 1.54) is 0 Å². The van der Waals surface area contributed by atoms with E-state index in [4.69, 9.17) is 10.9 Å². The van der Waals surface area contributed by atoms with Crippen molar-refractivity contribution in [3.05, 3.63) is 65.2 Å². The predicted octanol–water partition coefficient (Wildman–Crippen LogP) is 2.34. The van der Waals surface area contributed by atoms with E-state index in [1.807, 2.05) is 19.1 Å². The summed E-state index contributed by atoms with van der Waals surface area (Å²) in [6.07, 6.45) is 0. The Hall–Kier alpha value is -2.82. The van der Waals surface area contributed by atoms with Crippen LogP contribution in [-0.4, -0.2) is 17.0 Å². The Morgan fingerprint density at radius 1 is 1.15 bits per heavy atom. The van der Waals surface area contributed by atoms with Crippen LogP contribution >= 0.6 is 0 Å². The molecule has 0 saturated carbocycles. The third-order valence-corrected chi connectivity index (χ3v) is 2.92. The molecular weight excluding hydrogens is 254 g/mol. The SMILES string of the molecule is Cc1cccc(NC(=O)c2ccccc2)c1/C(N)=N/O. The second-order valence-corrected chi connectivity index (χ2v) is 4.30. The normalized spacial score (nSPS) is 11.2. The van der Waals surface area contributed by atoms with Gasteiger partial charge in [-0.15, -0.1) is 0 Å². The molecule has 2 aromatic rings. The molecule has 4 N–H and O–H groups in total. The van der Waals surface area contributed by atoms with Gasteiger partial charge < -0.3 is 16.3 Å². The number of hydrogen-bond acceptors (Lipinski definition) is 3. The number of benzene rings is 2. The molecule has 5 heteroatoms. The van der Waals surface area contributed by atoms with E-state index < -0.39 is 0 Å². The van der Waals surface area contributed by atoms with E-state index in [9.17, 15) is 4.79 Å². The van der Waals surface area contributed by atoms with Crippen molar-refractivity contribution in [2.24, 2.45) is 10.9 Å². The van der Waals surface area contributed by atoms with Crippen molar-refractivity contribution < 1.29 is 10.0 Å². The quantitative estimate of drug-likeness (QED) is 0.346. The minimum absolute atomic E-state index is 0.0357. The maximum Gasteiger partial charge on any atom is 0.255 e. The summed E-state index contributed by atoms with van der Waals surface area (Å²) >= 11 is 0. The van der Waals surface area contributed by atoms with Crippen molar-refractivity contribution >= 4 is 17.4 Å². The molecule has 0 spiro atoms. The molecule has 2 rings (SSSR count). The second-order valence-electron chi connectivity index (χ2n) is 4.30. The maximum absolute atomic E-state index is 12.1. The van der Waals surface area contributed by atoms with Gasteiger partial charge in [0.05, 0.1) is 5.69 Å². The standard InChI is InChI=1S/C15H15N3O2/c1-10-6-5-9-12(13(10)14(16)18-20)17-15(19)11-7-3-2-4-8-11/h2-9,20H,1H3,(H2,16,18)(H,17,19). The molecule has 0 aromatic heterocycles. The number of aryl methyl sites for hydroxylation is 1. The van der Waals surface area contributed by atoms with Gasteiger partial charge in [-0.3, -0.25) is 4.79 Å². The molecule has 0 atom stereocenters. The minimum Gasteiger partial charge on any atom is -0.409 e. The summed E-state index contributed by atoms with van der Waals surface area (Å²) in [5.74, 6) is -0.283. The number of rotatable bonds is 3. The van der Waals surface area contributed by atoms with Gasteiger partial charge in [0.25, 0.3) is 5.91 Å². The number of nitrogens with two attached hydrogens (primary N) is 1. The molecule has 20 heavy (non-hydrogen) atoms. The van der Waals surface area contributed by atoms with Crippen molar-refractivity contribution in [3.8, 4) is 0 Å². The molecule has 0 aliphatic rings. The van der Waals surface area contributed by atoms with Crippen LogP contribution in [0.1, 0.15) is 21.5 Å². The zero-order valence-electron chi connectivity index (χ0n) is 11.0. The summed E-state index contributed by atoms with van der Waals surface area (Å²) in [5, 5.41) is 14.6. The topological polar surface area (TPSA) is 87.7 Å². The predicted molar refractivity (Wildman–Crippen MR) is 78.1 cm³/mol. The number of hydrogen-bond donors (Lipinski definition) is 3. The lowest BCUT2D eigenvalue weighted by molar-refractivity contribution is 0.102. The zero-order chi connectivity index (χ0) is 14.5. The Labute approximate surface area is 116 Å². The van der Waals surface area contributed by atoms with E-state index in [2.05, 4.69) is 10.5 Å². The van der Waals surface area contributed by atoms with Crippen molar-refractivity contribution in [1.82, 2.24) is 0 Å². The van der Waals surface area contributed by atoms with E-state index in [0.29, 0.717) is 16.8 Å². The monoisotopic (exact) mass is 269 g/mol. The van der Waals surface area contributed by atoms with Gasteiger partial charge in [-0.2, -0.15) is 0 Å². The fourth-order valence-corrected chi connectivity index (χ4v) is 1.95. The summed E-state index contributed by atoms with van der Waals surface area (Å²) in [6.45, 7) is 1.82. The van der Waals surface area contributed by atoms with Crippen LogP contribution in [0.15, 0.2) is 53.7 Å². The highest BCUT2D eigenvalue weighted by atomic mass is 16.4. The summed E-state index contributed by atoms with van der Waals surface area (Å²) in [6, 6.07) is 14.2. The van der Waals surface area contributed by atoms with Crippen LogP contribution in [0.2, 0.25) is 0 Å². The summed E-state index contributed by atoms with van der Waals surface area (Å²) in [4.78, 5) is 12.1. The highest BCUT2D eigenvalue weighted by Gasteiger charge is 2.13. The molecule has 0 saturated heterocycles. The Morgan fingerprint density at radius 2 is 1.85 bits per heavy atom. The Kier molecular flexibility index (Phi) is 4.00. The van der Waals surface area contributed by atoms with Crippen LogP contribution in [0.5, 0.6) is 0 Å². The van der Waals surface area contributed by atoms with Crippen LogP contribution < -0.4 is 11.1 Å². The first-order chi connectivity index (χ1) is 9.63. The van der Waals surface area contributed by atoms with Gasteiger partial charge >= 0.3 is 0 Å². The molecule has 0 aliphatic heterocycles. The number of nitrogens with one attached hydrogen (secondary N) is 1. The number of amides is 1. The number of carbonyl (C=O) groups excluding carboxylic acids is 1. The number of carbonyl (C=O) groups is 1. The Balaban J connectivity index is 2.35. The first-order valence-electron chi connectivity index (χ1n) is 6.07. The summed E-state index contributed by atoms with van der Waals surface area (Å²) in [5.41, 5.74) is 8.03.